The van der Waals surface area contributed by atoms with Gasteiger partial charge in [-0.25, -0.2) is 4.98 Å². The molecular weight excluding hydrogens is 220 g/mol. The Balaban J connectivity index is 2.47. The summed E-state index contributed by atoms with van der Waals surface area (Å²) >= 11 is 1.80. The van der Waals surface area contributed by atoms with Crippen molar-refractivity contribution < 1.29 is 4.74 Å². The topological polar surface area (TPSA) is 34.2 Å². The molecule has 0 atom stereocenters. The molecule has 0 unspecified atom stereocenters. The Morgan fingerprint density at radius 3 is 2.94 bits per heavy atom. The minimum Gasteiger partial charge on any atom is -0.385 e. The van der Waals surface area contributed by atoms with Gasteiger partial charge in [0.05, 0.1) is 5.03 Å². The van der Waals surface area contributed by atoms with E-state index in [1.807, 2.05) is 13.2 Å². The fraction of sp³-hybridized carbons (Fsp3) is 0.583. The van der Waals surface area contributed by atoms with Gasteiger partial charge in [-0.15, -0.1) is 11.8 Å². The molecule has 0 fully saturated rings. The van der Waals surface area contributed by atoms with Gasteiger partial charge in [0.15, 0.2) is 0 Å². The van der Waals surface area contributed by atoms with Crippen LogP contribution >= 0.6 is 11.8 Å². The molecule has 0 saturated heterocycles. The summed E-state index contributed by atoms with van der Waals surface area (Å²) in [6, 6.07) is 2.20. The molecule has 0 spiro atoms. The molecule has 3 nitrogen and oxygen atoms in total. The van der Waals surface area contributed by atoms with Crippen LogP contribution < -0.4 is 5.32 Å². The first-order chi connectivity index (χ1) is 7.77. The maximum Gasteiger partial charge on any atom is 0.0989 e. The van der Waals surface area contributed by atoms with Crippen molar-refractivity contribution in [1.29, 1.82) is 0 Å². The summed E-state index contributed by atoms with van der Waals surface area (Å²) in [6.07, 6.45) is 3.02. The number of pyridine rings is 1. The Hall–Kier alpha value is -0.580. The number of aryl methyl sites for hydroxylation is 1. The van der Waals surface area contributed by atoms with Gasteiger partial charge < -0.3 is 10.1 Å². The van der Waals surface area contributed by atoms with Crippen LogP contribution in [0.4, 0.5) is 0 Å². The zero-order valence-corrected chi connectivity index (χ0v) is 11.1. The Labute approximate surface area is 102 Å². The number of nitrogens with one attached hydrogen (secondary N) is 1. The zero-order chi connectivity index (χ0) is 11.8. The van der Waals surface area contributed by atoms with Crippen LogP contribution in [0.25, 0.3) is 0 Å². The number of thioether (sulfide) groups is 1. The van der Waals surface area contributed by atoms with E-state index < -0.39 is 0 Å². The van der Waals surface area contributed by atoms with E-state index in [1.165, 1.54) is 11.1 Å². The van der Waals surface area contributed by atoms with Crippen molar-refractivity contribution in [2.75, 3.05) is 26.5 Å². The number of rotatable bonds is 7. The van der Waals surface area contributed by atoms with Gasteiger partial charge in [0.25, 0.3) is 0 Å². The second kappa shape index (κ2) is 7.65. The van der Waals surface area contributed by atoms with Gasteiger partial charge in [-0.2, -0.15) is 0 Å². The molecule has 16 heavy (non-hydrogen) atoms. The molecule has 0 aliphatic rings. The summed E-state index contributed by atoms with van der Waals surface area (Å²) in [7, 11) is 3.68. The first kappa shape index (κ1) is 13.5. The molecule has 0 aromatic carbocycles. The summed E-state index contributed by atoms with van der Waals surface area (Å²) < 4.78 is 5.02. The molecule has 1 N–H and O–H groups in total. The highest BCUT2D eigenvalue weighted by molar-refractivity contribution is 7.99. The quantitative estimate of drug-likeness (QED) is 0.585. The Bertz CT molecular complexity index is 318. The normalized spacial score (nSPS) is 10.7. The summed E-state index contributed by atoms with van der Waals surface area (Å²) in [6.45, 7) is 3.82. The van der Waals surface area contributed by atoms with E-state index in [0.29, 0.717) is 0 Å². The summed E-state index contributed by atoms with van der Waals surface area (Å²) in [4.78, 5) is 4.48. The second-order valence-electron chi connectivity index (χ2n) is 3.69. The second-order valence-corrected chi connectivity index (χ2v) is 4.77. The van der Waals surface area contributed by atoms with Crippen LogP contribution in [0.5, 0.6) is 0 Å². The number of hydrogen-bond acceptors (Lipinski definition) is 4. The van der Waals surface area contributed by atoms with Gasteiger partial charge in [-0.1, -0.05) is 6.07 Å². The molecule has 1 rings (SSSR count). The number of nitrogens with zero attached hydrogens (tertiary/aromatic N) is 1. The van der Waals surface area contributed by atoms with Crippen LogP contribution in [-0.2, 0) is 11.3 Å². The maximum atomic E-state index is 5.02. The van der Waals surface area contributed by atoms with Crippen LogP contribution in [0.3, 0.4) is 0 Å². The lowest BCUT2D eigenvalue weighted by molar-refractivity contribution is 0.200. The standard InChI is InChI=1S/C12H20N2OS/c1-10-7-11(8-13-2)9-14-12(10)16-6-4-5-15-3/h7,9,13H,4-6,8H2,1-3H3. The van der Waals surface area contributed by atoms with Crippen molar-refractivity contribution in [1.82, 2.24) is 10.3 Å². The number of ether oxygens (including phenoxy) is 1. The van der Waals surface area contributed by atoms with Gasteiger partial charge in [0.1, 0.15) is 0 Å². The van der Waals surface area contributed by atoms with Gasteiger partial charge in [0.2, 0.25) is 0 Å². The monoisotopic (exact) mass is 240 g/mol. The minimum absolute atomic E-state index is 0.823. The van der Waals surface area contributed by atoms with Crippen molar-refractivity contribution >= 4 is 11.8 Å². The largest absolute Gasteiger partial charge is 0.385 e. The number of hydrogen-bond donors (Lipinski definition) is 1. The third-order valence-corrected chi connectivity index (χ3v) is 3.39. The zero-order valence-electron chi connectivity index (χ0n) is 10.2. The smallest absolute Gasteiger partial charge is 0.0989 e. The van der Waals surface area contributed by atoms with E-state index in [1.54, 1.807) is 18.9 Å². The molecule has 1 aromatic heterocycles. The van der Waals surface area contributed by atoms with Crippen molar-refractivity contribution in [2.45, 2.75) is 24.9 Å². The van der Waals surface area contributed by atoms with Gasteiger partial charge in [0, 0.05) is 32.2 Å². The molecule has 0 aliphatic carbocycles. The van der Waals surface area contributed by atoms with Crippen molar-refractivity contribution in [3.05, 3.63) is 23.4 Å². The molecular formula is C12H20N2OS. The molecule has 1 heterocycles. The predicted octanol–water partition coefficient (Wildman–Crippen LogP) is 2.24. The lowest BCUT2D eigenvalue weighted by Gasteiger charge is -2.06. The maximum absolute atomic E-state index is 5.02. The Morgan fingerprint density at radius 2 is 2.31 bits per heavy atom. The highest BCUT2D eigenvalue weighted by Gasteiger charge is 2.02. The minimum atomic E-state index is 0.823. The molecule has 0 radical (unpaired) electrons. The molecule has 0 amide bonds. The van der Waals surface area contributed by atoms with E-state index in [-0.39, 0.29) is 0 Å². The summed E-state index contributed by atoms with van der Waals surface area (Å²) in [5, 5.41) is 4.26. The van der Waals surface area contributed by atoms with Crippen LogP contribution in [0.2, 0.25) is 0 Å². The fourth-order valence-corrected chi connectivity index (χ4v) is 2.31. The lowest BCUT2D eigenvalue weighted by Crippen LogP contribution is -2.06. The van der Waals surface area contributed by atoms with Crippen molar-refractivity contribution in [3.8, 4) is 0 Å². The average molecular weight is 240 g/mol. The third-order valence-electron chi connectivity index (χ3n) is 2.20. The molecule has 0 bridgehead atoms. The van der Waals surface area contributed by atoms with Crippen LogP contribution in [0.15, 0.2) is 17.3 Å². The number of aromatic nitrogens is 1. The Morgan fingerprint density at radius 1 is 1.50 bits per heavy atom. The van der Waals surface area contributed by atoms with E-state index in [4.69, 9.17) is 4.74 Å². The lowest BCUT2D eigenvalue weighted by atomic mass is 10.2. The van der Waals surface area contributed by atoms with Gasteiger partial charge in [-0.05, 0) is 31.5 Å². The van der Waals surface area contributed by atoms with Crippen molar-refractivity contribution in [2.24, 2.45) is 0 Å². The molecule has 0 saturated carbocycles. The SMILES string of the molecule is CNCc1cnc(SCCCOC)c(C)c1. The highest BCUT2D eigenvalue weighted by atomic mass is 32.2. The first-order valence-corrected chi connectivity index (χ1v) is 6.48. The van der Waals surface area contributed by atoms with Gasteiger partial charge in [-0.3, -0.25) is 0 Å². The Kier molecular flexibility index (Phi) is 6.45. The van der Waals surface area contributed by atoms with E-state index in [0.717, 1.165) is 30.4 Å². The van der Waals surface area contributed by atoms with Crippen LogP contribution in [0.1, 0.15) is 17.5 Å². The highest BCUT2D eigenvalue weighted by Crippen LogP contribution is 2.21. The molecule has 4 heteroatoms. The summed E-state index contributed by atoms with van der Waals surface area (Å²) in [5.74, 6) is 1.06. The van der Waals surface area contributed by atoms with E-state index in [2.05, 4.69) is 23.3 Å². The fourth-order valence-electron chi connectivity index (χ4n) is 1.44. The molecule has 90 valence electrons. The van der Waals surface area contributed by atoms with Crippen molar-refractivity contribution in [3.63, 3.8) is 0 Å². The predicted molar refractivity (Wildman–Crippen MR) is 69.0 cm³/mol. The summed E-state index contributed by atoms with van der Waals surface area (Å²) in [5.41, 5.74) is 2.50. The van der Waals surface area contributed by atoms with E-state index in [9.17, 15) is 0 Å². The molecule has 1 aromatic rings. The van der Waals surface area contributed by atoms with E-state index >= 15 is 0 Å². The molecule has 0 aliphatic heterocycles. The van der Waals surface area contributed by atoms with Gasteiger partial charge >= 0.3 is 0 Å². The number of methoxy groups -OCH3 is 1. The van der Waals surface area contributed by atoms with Crippen LogP contribution in [-0.4, -0.2) is 31.5 Å². The van der Waals surface area contributed by atoms with Crippen LogP contribution in [0, 0.1) is 6.92 Å². The third kappa shape index (κ3) is 4.51. The average Bonchev–Trinajstić information content (AvgIpc) is 2.27. The first-order valence-electron chi connectivity index (χ1n) is 5.49.